The first-order valence-electron chi connectivity index (χ1n) is 8.53. The fourth-order valence-corrected chi connectivity index (χ4v) is 4.52. The maximum absolute atomic E-state index is 12.3. The number of hydrogen-bond donors (Lipinski definition) is 1. The molecule has 2 aromatic rings. The van der Waals surface area contributed by atoms with Gasteiger partial charge in [-0.1, -0.05) is 19.1 Å². The first-order valence-corrected chi connectivity index (χ1v) is 9.34. The Morgan fingerprint density at radius 1 is 1.44 bits per heavy atom. The summed E-state index contributed by atoms with van der Waals surface area (Å²) in [5.74, 6) is 1.12. The third-order valence-corrected chi connectivity index (χ3v) is 5.96. The predicted molar refractivity (Wildman–Crippen MR) is 100 cm³/mol. The quantitative estimate of drug-likeness (QED) is 0.886. The van der Waals surface area contributed by atoms with Gasteiger partial charge in [0, 0.05) is 4.88 Å². The molecule has 0 fully saturated rings. The van der Waals surface area contributed by atoms with E-state index in [0.29, 0.717) is 16.5 Å². The van der Waals surface area contributed by atoms with Crippen molar-refractivity contribution in [2.75, 3.05) is 11.9 Å². The molecule has 1 N–H and O–H groups in total. The van der Waals surface area contributed by atoms with Crippen molar-refractivity contribution in [3.8, 4) is 11.8 Å². The minimum Gasteiger partial charge on any atom is -0.483 e. The summed E-state index contributed by atoms with van der Waals surface area (Å²) >= 11 is 1.54. The second kappa shape index (κ2) is 7.28. The molecule has 5 heteroatoms. The van der Waals surface area contributed by atoms with Gasteiger partial charge >= 0.3 is 0 Å². The molecule has 130 valence electrons. The van der Waals surface area contributed by atoms with Crippen LogP contribution in [0.5, 0.6) is 5.75 Å². The highest BCUT2D eigenvalue weighted by molar-refractivity contribution is 7.16. The third kappa shape index (κ3) is 3.69. The number of carbonyl (C=O) groups excluding carboxylic acids is 1. The molecule has 0 unspecified atom stereocenters. The van der Waals surface area contributed by atoms with Gasteiger partial charge in [0.15, 0.2) is 6.61 Å². The lowest BCUT2D eigenvalue weighted by Crippen LogP contribution is -2.20. The van der Waals surface area contributed by atoms with E-state index in [-0.39, 0.29) is 12.5 Å². The number of rotatable bonds is 4. The zero-order valence-corrected chi connectivity index (χ0v) is 15.6. The Balaban J connectivity index is 1.69. The average molecular weight is 354 g/mol. The number of nitrogens with one attached hydrogen (secondary N) is 1. The Hall–Kier alpha value is -2.32. The van der Waals surface area contributed by atoms with E-state index in [0.717, 1.165) is 41.7 Å². The number of thiophene rings is 1. The second-order valence-corrected chi connectivity index (χ2v) is 7.81. The van der Waals surface area contributed by atoms with Gasteiger partial charge in [-0.25, -0.2) is 0 Å². The molecule has 1 aromatic carbocycles. The lowest BCUT2D eigenvalue weighted by atomic mass is 9.89. The molecule has 1 amide bonds. The van der Waals surface area contributed by atoms with Gasteiger partial charge in [0.25, 0.3) is 5.91 Å². The first kappa shape index (κ1) is 17.5. The first-order chi connectivity index (χ1) is 12.0. The van der Waals surface area contributed by atoms with Crippen molar-refractivity contribution in [1.29, 1.82) is 5.26 Å². The smallest absolute Gasteiger partial charge is 0.262 e. The third-order valence-electron chi connectivity index (χ3n) is 4.79. The van der Waals surface area contributed by atoms with Crippen LogP contribution in [0.25, 0.3) is 0 Å². The summed E-state index contributed by atoms with van der Waals surface area (Å²) in [7, 11) is 0. The fourth-order valence-electron chi connectivity index (χ4n) is 3.14. The van der Waals surface area contributed by atoms with Crippen molar-refractivity contribution in [2.24, 2.45) is 5.92 Å². The van der Waals surface area contributed by atoms with Crippen LogP contribution in [0.15, 0.2) is 18.2 Å². The molecule has 25 heavy (non-hydrogen) atoms. The van der Waals surface area contributed by atoms with Gasteiger partial charge in [0.2, 0.25) is 0 Å². The SMILES string of the molecule is Cc1cccc(OCC(=O)Nc2sc3c(c2C#N)CC[C@H](C)C3)c1C. The predicted octanol–water partition coefficient (Wildman–Crippen LogP) is 4.38. The zero-order valence-electron chi connectivity index (χ0n) is 14.8. The van der Waals surface area contributed by atoms with Crippen LogP contribution in [0.2, 0.25) is 0 Å². The summed E-state index contributed by atoms with van der Waals surface area (Å²) in [6.45, 7) is 6.16. The maximum atomic E-state index is 12.3. The van der Waals surface area contributed by atoms with E-state index in [4.69, 9.17) is 4.74 Å². The van der Waals surface area contributed by atoms with Crippen LogP contribution in [0, 0.1) is 31.1 Å². The van der Waals surface area contributed by atoms with Crippen molar-refractivity contribution < 1.29 is 9.53 Å². The van der Waals surface area contributed by atoms with Crippen LogP contribution in [-0.2, 0) is 17.6 Å². The summed E-state index contributed by atoms with van der Waals surface area (Å²) in [6, 6.07) is 8.06. The second-order valence-electron chi connectivity index (χ2n) is 6.70. The molecule has 1 aliphatic carbocycles. The average Bonchev–Trinajstić information content (AvgIpc) is 2.92. The number of amides is 1. The highest BCUT2D eigenvalue weighted by atomic mass is 32.1. The molecule has 1 heterocycles. The standard InChI is InChI=1S/C20H22N2O2S/c1-12-7-8-15-16(10-21)20(25-18(15)9-12)22-19(23)11-24-17-6-4-5-13(2)14(17)3/h4-6,12H,7-9,11H2,1-3H3,(H,22,23)/t12-/m0/s1. The minimum absolute atomic E-state index is 0.0614. The number of benzene rings is 1. The molecule has 1 aliphatic rings. The maximum Gasteiger partial charge on any atom is 0.262 e. The summed E-state index contributed by atoms with van der Waals surface area (Å²) in [6.07, 6.45) is 3.01. The highest BCUT2D eigenvalue weighted by Gasteiger charge is 2.24. The van der Waals surface area contributed by atoms with Crippen LogP contribution < -0.4 is 10.1 Å². The molecule has 4 nitrogen and oxygen atoms in total. The van der Waals surface area contributed by atoms with E-state index < -0.39 is 0 Å². The summed E-state index contributed by atoms with van der Waals surface area (Å²) in [5, 5.41) is 13.0. The number of aryl methyl sites for hydroxylation is 1. The van der Waals surface area contributed by atoms with Gasteiger partial charge in [-0.05, 0) is 61.8 Å². The number of nitriles is 1. The number of nitrogens with zero attached hydrogens (tertiary/aromatic N) is 1. The molecule has 3 rings (SSSR count). The van der Waals surface area contributed by atoms with Crippen LogP contribution in [0.3, 0.4) is 0 Å². The zero-order chi connectivity index (χ0) is 18.0. The molecule has 0 bridgehead atoms. The molecule has 0 saturated heterocycles. The van der Waals surface area contributed by atoms with Crippen molar-refractivity contribution >= 4 is 22.2 Å². The van der Waals surface area contributed by atoms with Crippen LogP contribution in [0.1, 0.15) is 40.5 Å². The largest absolute Gasteiger partial charge is 0.483 e. The molecular weight excluding hydrogens is 332 g/mol. The number of fused-ring (bicyclic) bond motifs is 1. The van der Waals surface area contributed by atoms with Crippen molar-refractivity contribution in [1.82, 2.24) is 0 Å². The van der Waals surface area contributed by atoms with E-state index in [1.807, 2.05) is 32.0 Å². The Labute approximate surface area is 152 Å². The van der Waals surface area contributed by atoms with Crippen molar-refractivity contribution in [2.45, 2.75) is 40.0 Å². The van der Waals surface area contributed by atoms with Crippen molar-refractivity contribution in [3.05, 3.63) is 45.3 Å². The number of anilines is 1. The van der Waals surface area contributed by atoms with Gasteiger partial charge in [-0.3, -0.25) is 4.79 Å². The van der Waals surface area contributed by atoms with Gasteiger partial charge in [-0.15, -0.1) is 11.3 Å². The van der Waals surface area contributed by atoms with Gasteiger partial charge < -0.3 is 10.1 Å². The van der Waals surface area contributed by atoms with Crippen LogP contribution in [-0.4, -0.2) is 12.5 Å². The molecular formula is C20H22N2O2S. The molecule has 1 aromatic heterocycles. The number of carbonyl (C=O) groups is 1. The Morgan fingerprint density at radius 2 is 2.24 bits per heavy atom. The molecule has 0 spiro atoms. The van der Waals surface area contributed by atoms with Crippen LogP contribution >= 0.6 is 11.3 Å². The Morgan fingerprint density at radius 3 is 3.00 bits per heavy atom. The lowest BCUT2D eigenvalue weighted by molar-refractivity contribution is -0.118. The Bertz CT molecular complexity index is 848. The normalized spacial score (nSPS) is 16.0. The van der Waals surface area contributed by atoms with Crippen LogP contribution in [0.4, 0.5) is 5.00 Å². The summed E-state index contributed by atoms with van der Waals surface area (Å²) < 4.78 is 5.65. The molecule has 0 radical (unpaired) electrons. The van der Waals surface area contributed by atoms with Gasteiger partial charge in [-0.2, -0.15) is 5.26 Å². The van der Waals surface area contributed by atoms with E-state index in [1.165, 1.54) is 16.2 Å². The van der Waals surface area contributed by atoms with E-state index in [1.54, 1.807) is 0 Å². The topological polar surface area (TPSA) is 62.1 Å². The summed E-state index contributed by atoms with van der Waals surface area (Å²) in [5.41, 5.74) is 3.92. The highest BCUT2D eigenvalue weighted by Crippen LogP contribution is 2.39. The lowest BCUT2D eigenvalue weighted by Gasteiger charge is -2.17. The molecule has 0 aliphatic heterocycles. The minimum atomic E-state index is -0.232. The van der Waals surface area contributed by atoms with E-state index in [9.17, 15) is 10.1 Å². The number of hydrogen-bond acceptors (Lipinski definition) is 4. The molecule has 1 atom stereocenters. The Kier molecular flexibility index (Phi) is 5.10. The fraction of sp³-hybridized carbons (Fsp3) is 0.400. The van der Waals surface area contributed by atoms with Gasteiger partial charge in [0.05, 0.1) is 5.56 Å². The summed E-state index contributed by atoms with van der Waals surface area (Å²) in [4.78, 5) is 13.5. The monoisotopic (exact) mass is 354 g/mol. The molecule has 0 saturated carbocycles. The van der Waals surface area contributed by atoms with E-state index in [2.05, 4.69) is 18.3 Å². The van der Waals surface area contributed by atoms with Gasteiger partial charge in [0.1, 0.15) is 16.8 Å². The van der Waals surface area contributed by atoms with Crippen molar-refractivity contribution in [3.63, 3.8) is 0 Å². The van der Waals surface area contributed by atoms with E-state index >= 15 is 0 Å². The number of ether oxygens (including phenoxy) is 1.